The monoisotopic (exact) mass is 291 g/mol. The Hall–Kier alpha value is -1.26. The van der Waals surface area contributed by atoms with Crippen LogP contribution in [0.3, 0.4) is 0 Å². The quantitative estimate of drug-likeness (QED) is 0.838. The summed E-state index contributed by atoms with van der Waals surface area (Å²) in [5.74, 6) is 1.74. The molecule has 1 N–H and O–H groups in total. The fraction of sp³-hybridized carbons (Fsp3) is 0.647. The lowest BCUT2D eigenvalue weighted by Gasteiger charge is -2.26. The second-order valence-corrected chi connectivity index (χ2v) is 5.79. The van der Waals surface area contributed by atoms with E-state index in [1.807, 2.05) is 19.1 Å². The summed E-state index contributed by atoms with van der Waals surface area (Å²) in [4.78, 5) is 0. The predicted octanol–water partition coefficient (Wildman–Crippen LogP) is 2.90. The van der Waals surface area contributed by atoms with E-state index in [2.05, 4.69) is 11.4 Å². The highest BCUT2D eigenvalue weighted by atomic mass is 16.6. The van der Waals surface area contributed by atoms with Gasteiger partial charge in [0, 0.05) is 24.8 Å². The van der Waals surface area contributed by atoms with Crippen LogP contribution in [0.15, 0.2) is 18.2 Å². The maximum Gasteiger partial charge on any atom is 0.166 e. The summed E-state index contributed by atoms with van der Waals surface area (Å²) in [6.45, 7) is 5.02. The Morgan fingerprint density at radius 1 is 1.29 bits per heavy atom. The Kier molecular flexibility index (Phi) is 4.99. The fourth-order valence-electron chi connectivity index (χ4n) is 2.62. The van der Waals surface area contributed by atoms with Gasteiger partial charge in [0.1, 0.15) is 6.10 Å². The number of hydrogen-bond acceptors (Lipinski definition) is 4. The van der Waals surface area contributed by atoms with E-state index in [9.17, 15) is 0 Å². The van der Waals surface area contributed by atoms with Crippen LogP contribution in [0.2, 0.25) is 0 Å². The summed E-state index contributed by atoms with van der Waals surface area (Å²) in [6, 6.07) is 6.84. The van der Waals surface area contributed by atoms with Crippen LogP contribution in [0.5, 0.6) is 11.5 Å². The smallest absolute Gasteiger partial charge is 0.166 e. The highest BCUT2D eigenvalue weighted by molar-refractivity contribution is 5.47. The van der Waals surface area contributed by atoms with Crippen molar-refractivity contribution in [2.24, 2.45) is 0 Å². The van der Waals surface area contributed by atoms with Gasteiger partial charge in [-0.1, -0.05) is 12.1 Å². The zero-order chi connectivity index (χ0) is 14.5. The molecule has 2 aliphatic rings. The van der Waals surface area contributed by atoms with Gasteiger partial charge in [-0.05, 0) is 38.7 Å². The summed E-state index contributed by atoms with van der Waals surface area (Å²) in [5, 5.41) is 3.55. The van der Waals surface area contributed by atoms with Crippen molar-refractivity contribution in [2.45, 2.75) is 51.3 Å². The average molecular weight is 291 g/mol. The Balaban J connectivity index is 1.74. The molecule has 1 atom stereocenters. The molecule has 1 saturated carbocycles. The molecule has 3 rings (SSSR count). The molecule has 1 aliphatic carbocycles. The first-order chi connectivity index (χ1) is 10.4. The van der Waals surface area contributed by atoms with Gasteiger partial charge in [-0.3, -0.25) is 0 Å². The molecule has 21 heavy (non-hydrogen) atoms. The van der Waals surface area contributed by atoms with Crippen molar-refractivity contribution < 1.29 is 14.2 Å². The number of nitrogens with one attached hydrogen (secondary N) is 1. The van der Waals surface area contributed by atoms with Gasteiger partial charge < -0.3 is 19.5 Å². The van der Waals surface area contributed by atoms with Crippen molar-refractivity contribution in [1.82, 2.24) is 5.32 Å². The summed E-state index contributed by atoms with van der Waals surface area (Å²) in [5.41, 5.74) is 1.18. The van der Waals surface area contributed by atoms with E-state index in [-0.39, 0.29) is 6.10 Å². The minimum atomic E-state index is 0.139. The summed E-state index contributed by atoms with van der Waals surface area (Å²) in [6.07, 6.45) is 4.84. The van der Waals surface area contributed by atoms with Gasteiger partial charge in [-0.25, -0.2) is 0 Å². The Labute approximate surface area is 126 Å². The second kappa shape index (κ2) is 7.14. The van der Waals surface area contributed by atoms with Crippen molar-refractivity contribution in [3.63, 3.8) is 0 Å². The normalized spacial score (nSPS) is 22.0. The van der Waals surface area contributed by atoms with Crippen molar-refractivity contribution >= 4 is 0 Å². The first-order valence-corrected chi connectivity index (χ1v) is 8.09. The first-order valence-electron chi connectivity index (χ1n) is 8.09. The SMILES string of the molecule is CCOc1cccc(CNC2CC2)c1OC1CCCOC1. The lowest BCUT2D eigenvalue weighted by atomic mass is 10.1. The zero-order valence-corrected chi connectivity index (χ0v) is 12.8. The lowest BCUT2D eigenvalue weighted by molar-refractivity contribution is 0.00580. The molecule has 116 valence electrons. The van der Waals surface area contributed by atoms with E-state index in [1.165, 1.54) is 18.4 Å². The molecule has 0 bridgehead atoms. The summed E-state index contributed by atoms with van der Waals surface area (Å²) in [7, 11) is 0. The maximum atomic E-state index is 6.23. The van der Waals surface area contributed by atoms with Gasteiger partial charge >= 0.3 is 0 Å². The van der Waals surface area contributed by atoms with Crippen LogP contribution in [0.1, 0.15) is 38.2 Å². The highest BCUT2D eigenvalue weighted by Crippen LogP contribution is 2.34. The molecule has 0 radical (unpaired) electrons. The summed E-state index contributed by atoms with van der Waals surface area (Å²) < 4.78 is 17.5. The van der Waals surface area contributed by atoms with E-state index >= 15 is 0 Å². The molecular formula is C17H25NO3. The minimum Gasteiger partial charge on any atom is -0.490 e. The van der Waals surface area contributed by atoms with Gasteiger partial charge in [0.15, 0.2) is 11.5 Å². The summed E-state index contributed by atoms with van der Waals surface area (Å²) >= 11 is 0. The topological polar surface area (TPSA) is 39.7 Å². The largest absolute Gasteiger partial charge is 0.490 e. The predicted molar refractivity (Wildman–Crippen MR) is 81.9 cm³/mol. The van der Waals surface area contributed by atoms with Crippen molar-refractivity contribution in [1.29, 1.82) is 0 Å². The molecule has 1 aromatic carbocycles. The molecule has 1 aliphatic heterocycles. The van der Waals surface area contributed by atoms with Crippen LogP contribution >= 0.6 is 0 Å². The average Bonchev–Trinajstić information content (AvgIpc) is 3.33. The zero-order valence-electron chi connectivity index (χ0n) is 12.8. The molecule has 0 amide bonds. The first kappa shape index (κ1) is 14.7. The molecule has 4 nitrogen and oxygen atoms in total. The van der Waals surface area contributed by atoms with Crippen LogP contribution in [-0.2, 0) is 11.3 Å². The van der Waals surface area contributed by atoms with E-state index in [1.54, 1.807) is 0 Å². The molecule has 0 spiro atoms. The van der Waals surface area contributed by atoms with Crippen LogP contribution in [0.4, 0.5) is 0 Å². The Morgan fingerprint density at radius 3 is 2.90 bits per heavy atom. The molecule has 4 heteroatoms. The number of para-hydroxylation sites is 1. The van der Waals surface area contributed by atoms with Gasteiger partial charge in [-0.2, -0.15) is 0 Å². The van der Waals surface area contributed by atoms with Gasteiger partial charge in [0.25, 0.3) is 0 Å². The van der Waals surface area contributed by atoms with Gasteiger partial charge in [-0.15, -0.1) is 0 Å². The maximum absolute atomic E-state index is 6.23. The van der Waals surface area contributed by atoms with Crippen molar-refractivity contribution in [2.75, 3.05) is 19.8 Å². The van der Waals surface area contributed by atoms with Crippen LogP contribution in [-0.4, -0.2) is 32.0 Å². The van der Waals surface area contributed by atoms with Crippen molar-refractivity contribution in [3.8, 4) is 11.5 Å². The standard InChI is InChI=1S/C17H25NO3/c1-2-20-16-7-3-5-13(11-18-14-8-9-14)17(16)21-15-6-4-10-19-12-15/h3,5,7,14-15,18H,2,4,6,8-12H2,1H3. The Bertz CT molecular complexity index is 453. The van der Waals surface area contributed by atoms with E-state index in [4.69, 9.17) is 14.2 Å². The highest BCUT2D eigenvalue weighted by Gasteiger charge is 2.23. The molecule has 1 aromatic rings. The van der Waals surface area contributed by atoms with E-state index in [0.717, 1.165) is 37.5 Å². The third-order valence-electron chi connectivity index (χ3n) is 3.92. The van der Waals surface area contributed by atoms with Crippen LogP contribution in [0, 0.1) is 0 Å². The number of benzene rings is 1. The van der Waals surface area contributed by atoms with Crippen LogP contribution in [0.25, 0.3) is 0 Å². The van der Waals surface area contributed by atoms with E-state index in [0.29, 0.717) is 19.3 Å². The molecule has 1 saturated heterocycles. The van der Waals surface area contributed by atoms with Gasteiger partial charge in [0.05, 0.1) is 13.2 Å². The van der Waals surface area contributed by atoms with Gasteiger partial charge in [0.2, 0.25) is 0 Å². The lowest BCUT2D eigenvalue weighted by Crippen LogP contribution is -2.29. The molecule has 1 heterocycles. The number of hydrogen-bond donors (Lipinski definition) is 1. The number of rotatable bonds is 7. The third-order valence-corrected chi connectivity index (χ3v) is 3.92. The van der Waals surface area contributed by atoms with E-state index < -0.39 is 0 Å². The number of ether oxygens (including phenoxy) is 3. The van der Waals surface area contributed by atoms with Crippen molar-refractivity contribution in [3.05, 3.63) is 23.8 Å². The molecular weight excluding hydrogens is 266 g/mol. The fourth-order valence-corrected chi connectivity index (χ4v) is 2.62. The molecule has 0 aromatic heterocycles. The third kappa shape index (κ3) is 4.11. The van der Waals surface area contributed by atoms with Crippen LogP contribution < -0.4 is 14.8 Å². The Morgan fingerprint density at radius 2 is 2.19 bits per heavy atom. The minimum absolute atomic E-state index is 0.139. The second-order valence-electron chi connectivity index (χ2n) is 5.79. The molecule has 1 unspecified atom stereocenters. The molecule has 2 fully saturated rings.